The number of hydrogen-bond acceptors (Lipinski definition) is 4. The Hall–Kier alpha value is -1.46. The van der Waals surface area contributed by atoms with Gasteiger partial charge in [0.2, 0.25) is 0 Å². The number of hydrogen-bond donors (Lipinski definition) is 2. The van der Waals surface area contributed by atoms with Crippen LogP contribution in [0.15, 0.2) is 30.3 Å². The molecular formula is C12H13N3S2. The molecule has 0 radical (unpaired) electrons. The molecule has 3 N–H and O–H groups in total. The van der Waals surface area contributed by atoms with Crippen molar-refractivity contribution in [2.24, 2.45) is 5.73 Å². The fraction of sp³-hybridized carbons (Fsp3) is 0.167. The zero-order valence-electron chi connectivity index (χ0n) is 9.43. The number of thiophene rings is 1. The van der Waals surface area contributed by atoms with E-state index in [4.69, 9.17) is 18.0 Å². The van der Waals surface area contributed by atoms with Crippen LogP contribution >= 0.6 is 23.6 Å². The van der Waals surface area contributed by atoms with Crippen molar-refractivity contribution >= 4 is 34.4 Å². The van der Waals surface area contributed by atoms with E-state index in [1.807, 2.05) is 18.2 Å². The minimum atomic E-state index is 0.320. The number of nitrogens with zero attached hydrogens (tertiary/aromatic N) is 1. The van der Waals surface area contributed by atoms with E-state index >= 15 is 0 Å². The second-order valence-corrected chi connectivity index (χ2v) is 5.45. The Morgan fingerprint density at radius 1 is 1.41 bits per heavy atom. The van der Waals surface area contributed by atoms with E-state index in [9.17, 15) is 0 Å². The molecule has 88 valence electrons. The zero-order valence-corrected chi connectivity index (χ0v) is 11.1. The highest BCUT2D eigenvalue weighted by Gasteiger charge is 2.01. The molecule has 5 heteroatoms. The van der Waals surface area contributed by atoms with Crippen LogP contribution in [0.3, 0.4) is 0 Å². The van der Waals surface area contributed by atoms with Gasteiger partial charge in [0.1, 0.15) is 10.8 Å². The number of thiocarbonyl (C=S) groups is 1. The first-order valence-electron chi connectivity index (χ1n) is 5.21. The van der Waals surface area contributed by atoms with Crippen LogP contribution in [0.5, 0.6) is 0 Å². The molecule has 0 aliphatic carbocycles. The summed E-state index contributed by atoms with van der Waals surface area (Å²) in [6.07, 6.45) is 0. The Balaban J connectivity index is 2.04. The monoisotopic (exact) mass is 263 g/mol. The third-order valence-corrected chi connectivity index (χ3v) is 3.45. The van der Waals surface area contributed by atoms with Crippen molar-refractivity contribution in [2.45, 2.75) is 13.5 Å². The second-order valence-electron chi connectivity index (χ2n) is 3.64. The zero-order chi connectivity index (χ0) is 12.3. The molecule has 0 unspecified atom stereocenters. The van der Waals surface area contributed by atoms with E-state index in [0.29, 0.717) is 10.7 Å². The largest absolute Gasteiger partial charge is 0.388 e. The molecule has 0 spiro atoms. The van der Waals surface area contributed by atoms with Crippen molar-refractivity contribution in [1.29, 1.82) is 0 Å². The lowest BCUT2D eigenvalue weighted by molar-refractivity contribution is 1.13. The number of nitrogens with one attached hydrogen (secondary N) is 1. The highest BCUT2D eigenvalue weighted by Crippen LogP contribution is 2.16. The van der Waals surface area contributed by atoms with Gasteiger partial charge in [-0.25, -0.2) is 4.98 Å². The van der Waals surface area contributed by atoms with Gasteiger partial charge >= 0.3 is 0 Å². The molecule has 0 amide bonds. The fourth-order valence-electron chi connectivity index (χ4n) is 1.43. The Morgan fingerprint density at radius 2 is 2.24 bits per heavy atom. The normalized spacial score (nSPS) is 10.2. The molecule has 2 rings (SSSR count). The van der Waals surface area contributed by atoms with Gasteiger partial charge in [-0.05, 0) is 31.2 Å². The van der Waals surface area contributed by atoms with Crippen LogP contribution < -0.4 is 11.1 Å². The highest BCUT2D eigenvalue weighted by atomic mass is 32.1. The van der Waals surface area contributed by atoms with Gasteiger partial charge in [-0.15, -0.1) is 11.3 Å². The lowest BCUT2D eigenvalue weighted by Gasteiger charge is -2.05. The van der Waals surface area contributed by atoms with Crippen LogP contribution in [0.2, 0.25) is 0 Å². The van der Waals surface area contributed by atoms with Crippen molar-refractivity contribution in [3.8, 4) is 0 Å². The Bertz CT molecular complexity index is 534. The molecule has 3 nitrogen and oxygen atoms in total. The van der Waals surface area contributed by atoms with Gasteiger partial charge in [0.15, 0.2) is 0 Å². The summed E-state index contributed by atoms with van der Waals surface area (Å²) in [7, 11) is 0. The first-order chi connectivity index (χ1) is 8.15. The third-order valence-electron chi connectivity index (χ3n) is 2.24. The summed E-state index contributed by atoms with van der Waals surface area (Å²) in [6.45, 7) is 2.87. The summed E-state index contributed by atoms with van der Waals surface area (Å²) < 4.78 is 0. The maximum atomic E-state index is 5.54. The molecule has 0 atom stereocenters. The summed E-state index contributed by atoms with van der Waals surface area (Å²) in [5, 5.41) is 3.25. The van der Waals surface area contributed by atoms with E-state index in [1.165, 1.54) is 9.75 Å². The summed E-state index contributed by atoms with van der Waals surface area (Å²) in [5.41, 5.74) is 6.18. The topological polar surface area (TPSA) is 50.9 Å². The van der Waals surface area contributed by atoms with E-state index in [1.54, 1.807) is 11.3 Å². The maximum Gasteiger partial charge on any atom is 0.127 e. The maximum absolute atomic E-state index is 5.54. The summed E-state index contributed by atoms with van der Waals surface area (Å²) in [4.78, 5) is 7.24. The van der Waals surface area contributed by atoms with Crippen molar-refractivity contribution in [3.63, 3.8) is 0 Å². The lowest BCUT2D eigenvalue weighted by Crippen LogP contribution is -2.12. The number of rotatable bonds is 4. The van der Waals surface area contributed by atoms with E-state index < -0.39 is 0 Å². The smallest absolute Gasteiger partial charge is 0.127 e. The Morgan fingerprint density at radius 3 is 2.88 bits per heavy atom. The molecule has 0 aliphatic heterocycles. The van der Waals surface area contributed by atoms with Gasteiger partial charge in [-0.3, -0.25) is 0 Å². The average molecular weight is 263 g/mol. The van der Waals surface area contributed by atoms with Crippen LogP contribution in [0, 0.1) is 6.92 Å². The number of nitrogens with two attached hydrogens (primary N) is 1. The van der Waals surface area contributed by atoms with Gasteiger partial charge in [-0.1, -0.05) is 18.3 Å². The molecule has 2 aromatic rings. The van der Waals surface area contributed by atoms with Crippen molar-refractivity contribution in [2.75, 3.05) is 5.32 Å². The fourth-order valence-corrected chi connectivity index (χ4v) is 2.37. The van der Waals surface area contributed by atoms with Gasteiger partial charge in [-0.2, -0.15) is 0 Å². The molecule has 0 saturated carbocycles. The molecule has 0 aliphatic rings. The SMILES string of the molecule is Cc1ccc(CNc2cccc(C(N)=S)n2)s1. The molecule has 17 heavy (non-hydrogen) atoms. The predicted molar refractivity (Wildman–Crippen MR) is 76.5 cm³/mol. The van der Waals surface area contributed by atoms with Crippen molar-refractivity contribution < 1.29 is 0 Å². The van der Waals surface area contributed by atoms with Gasteiger partial charge in [0, 0.05) is 9.75 Å². The first kappa shape index (κ1) is 12.0. The number of aromatic nitrogens is 1. The molecule has 0 saturated heterocycles. The van der Waals surface area contributed by atoms with Crippen LogP contribution in [-0.2, 0) is 6.54 Å². The molecule has 0 bridgehead atoms. The highest BCUT2D eigenvalue weighted by molar-refractivity contribution is 7.80. The van der Waals surface area contributed by atoms with E-state index in [0.717, 1.165) is 12.4 Å². The van der Waals surface area contributed by atoms with Crippen LogP contribution in [0.4, 0.5) is 5.82 Å². The van der Waals surface area contributed by atoms with E-state index in [2.05, 4.69) is 29.4 Å². The van der Waals surface area contributed by atoms with Gasteiger partial charge < -0.3 is 11.1 Å². The molecule has 2 aromatic heterocycles. The first-order valence-corrected chi connectivity index (χ1v) is 6.43. The minimum absolute atomic E-state index is 0.320. The minimum Gasteiger partial charge on any atom is -0.388 e. The standard InChI is InChI=1S/C12H13N3S2/c1-8-5-6-9(17-8)7-14-11-4-2-3-10(15-11)12(13)16/h2-6H,7H2,1H3,(H2,13,16)(H,14,15). The van der Waals surface area contributed by atoms with Crippen LogP contribution in [0.1, 0.15) is 15.4 Å². The number of anilines is 1. The molecule has 2 heterocycles. The number of aryl methyl sites for hydroxylation is 1. The summed E-state index contributed by atoms with van der Waals surface area (Å²) in [6, 6.07) is 9.83. The molecule has 0 aromatic carbocycles. The van der Waals surface area contributed by atoms with Gasteiger partial charge in [0.05, 0.1) is 12.2 Å². The summed E-state index contributed by atoms with van der Waals surface area (Å²) in [5.74, 6) is 0.793. The predicted octanol–water partition coefficient (Wildman–Crippen LogP) is 2.70. The van der Waals surface area contributed by atoms with Crippen molar-refractivity contribution in [3.05, 3.63) is 45.8 Å². The second kappa shape index (κ2) is 5.25. The average Bonchev–Trinajstić information content (AvgIpc) is 2.73. The van der Waals surface area contributed by atoms with E-state index in [-0.39, 0.29) is 0 Å². The number of pyridine rings is 1. The lowest BCUT2D eigenvalue weighted by atomic mass is 10.3. The Labute approximate surface area is 110 Å². The molecular weight excluding hydrogens is 250 g/mol. The van der Waals surface area contributed by atoms with Crippen LogP contribution in [-0.4, -0.2) is 9.97 Å². The molecule has 0 fully saturated rings. The Kier molecular flexibility index (Phi) is 3.71. The quantitative estimate of drug-likeness (QED) is 0.833. The van der Waals surface area contributed by atoms with Crippen molar-refractivity contribution in [1.82, 2.24) is 4.98 Å². The van der Waals surface area contributed by atoms with Crippen LogP contribution in [0.25, 0.3) is 0 Å². The summed E-state index contributed by atoms with van der Waals surface area (Å²) >= 11 is 6.67. The third kappa shape index (κ3) is 3.25. The van der Waals surface area contributed by atoms with Gasteiger partial charge in [0.25, 0.3) is 0 Å².